The molecule has 0 bridgehead atoms. The lowest BCUT2D eigenvalue weighted by Crippen LogP contribution is -2.30. The molecule has 5 aromatic rings. The maximum atomic E-state index is 15.9. The summed E-state index contributed by atoms with van der Waals surface area (Å²) in [5, 5.41) is 0. The van der Waals surface area contributed by atoms with Crippen LogP contribution in [-0.2, 0) is 6.18 Å². The zero-order valence-electron chi connectivity index (χ0n) is 29.2. The molecule has 0 saturated carbocycles. The maximum absolute atomic E-state index is 15.9. The highest BCUT2D eigenvalue weighted by atomic mass is 19.4. The van der Waals surface area contributed by atoms with Crippen molar-refractivity contribution in [3.05, 3.63) is 134 Å². The Morgan fingerprint density at radius 3 is 1.29 bits per heavy atom. The number of amides is 4. The Morgan fingerprint density at radius 2 is 0.847 bits per heavy atom. The van der Waals surface area contributed by atoms with Crippen LogP contribution in [0.1, 0.15) is 58.1 Å². The first-order valence-corrected chi connectivity index (χ1v) is 16.1. The normalized spacial score (nSPS) is 13.8. The molecular weight excluding hydrogens is 827 g/mol. The van der Waals surface area contributed by atoms with E-state index in [2.05, 4.69) is 9.47 Å². The van der Waals surface area contributed by atoms with Crippen LogP contribution in [0, 0.1) is 72.0 Å². The van der Waals surface area contributed by atoms with E-state index in [0.29, 0.717) is 18.2 Å². The minimum Gasteiger partial charge on any atom is -0.445 e. The molecule has 0 spiro atoms. The van der Waals surface area contributed by atoms with E-state index in [-0.39, 0.29) is 21.4 Å². The fourth-order valence-electron chi connectivity index (χ4n) is 6.47. The molecule has 0 aromatic heterocycles. The lowest BCUT2D eigenvalue weighted by Gasteiger charge is -2.20. The third kappa shape index (κ3) is 5.84. The van der Waals surface area contributed by atoms with Gasteiger partial charge in [0.25, 0.3) is 23.6 Å². The van der Waals surface area contributed by atoms with Gasteiger partial charge in [-0.25, -0.2) is 22.5 Å². The molecule has 21 heteroatoms. The van der Waals surface area contributed by atoms with E-state index in [1.54, 1.807) is 13.0 Å². The molecule has 0 unspecified atom stereocenters. The van der Waals surface area contributed by atoms with Gasteiger partial charge < -0.3 is 9.47 Å². The molecule has 59 heavy (non-hydrogen) atoms. The second kappa shape index (κ2) is 13.6. The van der Waals surface area contributed by atoms with Crippen molar-refractivity contribution < 1.29 is 85.7 Å². The van der Waals surface area contributed by atoms with Gasteiger partial charge in [0.2, 0.25) is 57.9 Å². The van der Waals surface area contributed by atoms with Gasteiger partial charge >= 0.3 is 6.18 Å². The zero-order valence-corrected chi connectivity index (χ0v) is 29.2. The number of anilines is 1. The molecular formula is C38H15F13N2O6. The maximum Gasteiger partial charge on any atom is 0.417 e. The lowest BCUT2D eigenvalue weighted by molar-refractivity contribution is -0.137. The highest BCUT2D eigenvalue weighted by Gasteiger charge is 2.47. The number of aryl methyl sites for hydroxylation is 2. The van der Waals surface area contributed by atoms with E-state index in [1.807, 2.05) is 0 Å². The second-order valence-corrected chi connectivity index (χ2v) is 12.8. The van der Waals surface area contributed by atoms with Crippen LogP contribution in [0.4, 0.5) is 62.8 Å². The van der Waals surface area contributed by atoms with Crippen molar-refractivity contribution in [2.45, 2.75) is 20.0 Å². The highest BCUT2D eigenvalue weighted by Crippen LogP contribution is 2.46. The Balaban J connectivity index is 1.28. The minimum atomic E-state index is -5.17. The predicted octanol–water partition coefficient (Wildman–Crippen LogP) is 9.99. The van der Waals surface area contributed by atoms with Crippen LogP contribution in [-0.4, -0.2) is 35.6 Å². The van der Waals surface area contributed by atoms with Gasteiger partial charge in [-0.1, -0.05) is 29.8 Å². The van der Waals surface area contributed by atoms with Crippen molar-refractivity contribution in [1.29, 1.82) is 0 Å². The van der Waals surface area contributed by atoms with Crippen LogP contribution in [0.5, 0.6) is 23.0 Å². The van der Waals surface area contributed by atoms with Gasteiger partial charge in [-0.15, -0.1) is 0 Å². The first kappa shape index (κ1) is 40.3. The van der Waals surface area contributed by atoms with E-state index in [4.69, 9.17) is 0 Å². The topological polar surface area (TPSA) is 93.2 Å². The summed E-state index contributed by atoms with van der Waals surface area (Å²) >= 11 is 0. The number of halogens is 13. The molecule has 2 aliphatic rings. The van der Waals surface area contributed by atoms with Gasteiger partial charge in [-0.2, -0.15) is 39.5 Å². The number of ether oxygens (including phenoxy) is 2. The number of hydrogen-bond acceptors (Lipinski definition) is 6. The molecule has 0 atom stereocenters. The quantitative estimate of drug-likeness (QED) is 0.0961. The van der Waals surface area contributed by atoms with E-state index in [0.717, 1.165) is 12.1 Å². The smallest absolute Gasteiger partial charge is 0.417 e. The summed E-state index contributed by atoms with van der Waals surface area (Å²) in [5.41, 5.74) is -8.12. The van der Waals surface area contributed by atoms with Crippen molar-refractivity contribution >= 4 is 29.3 Å². The third-order valence-corrected chi connectivity index (χ3v) is 9.26. The molecule has 0 saturated heterocycles. The number of carbonyl (C=O) groups is 4. The number of fused-ring (bicyclic) bond motifs is 2. The second-order valence-electron chi connectivity index (χ2n) is 12.8. The van der Waals surface area contributed by atoms with Gasteiger partial charge in [-0.05, 0) is 42.7 Å². The van der Waals surface area contributed by atoms with Gasteiger partial charge in [0.15, 0.2) is 23.3 Å². The van der Waals surface area contributed by atoms with Crippen molar-refractivity contribution in [3.63, 3.8) is 0 Å². The number of carbonyl (C=O) groups excluding carboxylic acids is 4. The first-order chi connectivity index (χ1) is 27.5. The van der Waals surface area contributed by atoms with E-state index in [9.17, 15) is 41.1 Å². The van der Waals surface area contributed by atoms with Crippen LogP contribution in [0.15, 0.2) is 36.4 Å². The van der Waals surface area contributed by atoms with Crippen molar-refractivity contribution in [2.24, 2.45) is 0 Å². The van der Waals surface area contributed by atoms with Crippen LogP contribution >= 0.6 is 0 Å². The molecule has 2 aliphatic heterocycles. The Hall–Kier alpha value is -6.93. The first-order valence-electron chi connectivity index (χ1n) is 16.1. The van der Waals surface area contributed by atoms with E-state index < -0.39 is 150 Å². The van der Waals surface area contributed by atoms with E-state index >= 15 is 35.1 Å². The standard InChI is InChI=1S/C38H15F13N2O6/c1-10-4-6-13(11(2)8-10)14-7-5-12(9-15(14)38(49,50)51)53-36(56)17-19(37(53)57)23(42)31(25(44)21(17)40)59-33-28(47)26(45)32(27(46)29(33)48)58-30-22(41)18-16(20(39)24(30)43)34(54)52(3)35(18)55/h4-9H,1-3H3. The average molecular weight is 843 g/mol. The molecule has 0 N–H and O–H groups in total. The molecule has 0 aliphatic carbocycles. The monoisotopic (exact) mass is 842 g/mol. The number of hydrogen-bond donors (Lipinski definition) is 0. The molecule has 0 fully saturated rings. The number of imide groups is 2. The van der Waals surface area contributed by atoms with Crippen molar-refractivity contribution in [2.75, 3.05) is 11.9 Å². The SMILES string of the molecule is Cc1ccc(-c2ccc(N3C(=O)c4c(F)c(F)c(Oc5c(F)c(F)c(Oc6c(F)c(F)c7c(c6F)C(=O)N(C)C7=O)c(F)c5F)c(F)c4C3=O)cc2C(F)(F)F)c(C)c1. The summed E-state index contributed by atoms with van der Waals surface area (Å²) < 4.78 is 204. The van der Waals surface area contributed by atoms with Gasteiger partial charge in [0, 0.05) is 7.05 Å². The Bertz CT molecular complexity index is 2780. The van der Waals surface area contributed by atoms with Crippen molar-refractivity contribution in [3.8, 4) is 34.1 Å². The Labute approximate surface area is 319 Å². The molecule has 304 valence electrons. The van der Waals surface area contributed by atoms with Gasteiger partial charge in [-0.3, -0.25) is 24.1 Å². The summed E-state index contributed by atoms with van der Waals surface area (Å²) in [7, 11) is 0.714. The van der Waals surface area contributed by atoms with Gasteiger partial charge in [0.05, 0.1) is 33.5 Å². The fraction of sp³-hybridized carbons (Fsp3) is 0.105. The lowest BCUT2D eigenvalue weighted by atomic mass is 9.94. The van der Waals surface area contributed by atoms with Crippen LogP contribution in [0.2, 0.25) is 0 Å². The number of nitrogens with zero attached hydrogens (tertiary/aromatic N) is 2. The Kier molecular flexibility index (Phi) is 9.28. The number of benzene rings is 5. The molecule has 2 heterocycles. The third-order valence-electron chi connectivity index (χ3n) is 9.26. The van der Waals surface area contributed by atoms with Crippen LogP contribution in [0.25, 0.3) is 11.1 Å². The predicted molar refractivity (Wildman–Crippen MR) is 173 cm³/mol. The summed E-state index contributed by atoms with van der Waals surface area (Å²) in [6, 6.07) is 6.33. The van der Waals surface area contributed by atoms with E-state index in [1.165, 1.54) is 19.1 Å². The average Bonchev–Trinajstić information content (AvgIpc) is 3.57. The molecule has 8 nitrogen and oxygen atoms in total. The van der Waals surface area contributed by atoms with Crippen molar-refractivity contribution in [1.82, 2.24) is 4.90 Å². The Morgan fingerprint density at radius 1 is 0.475 bits per heavy atom. The molecule has 7 rings (SSSR count). The summed E-state index contributed by atoms with van der Waals surface area (Å²) in [6.45, 7) is 3.17. The molecule has 0 radical (unpaired) electrons. The zero-order chi connectivity index (χ0) is 43.5. The van der Waals surface area contributed by atoms with Crippen LogP contribution < -0.4 is 14.4 Å². The molecule has 5 aromatic carbocycles. The number of rotatable bonds is 6. The summed E-state index contributed by atoms with van der Waals surface area (Å²) in [6.07, 6.45) is -5.17. The summed E-state index contributed by atoms with van der Waals surface area (Å²) in [4.78, 5) is 50.8. The van der Waals surface area contributed by atoms with Crippen LogP contribution in [0.3, 0.4) is 0 Å². The minimum absolute atomic E-state index is 0.0726. The number of alkyl halides is 3. The van der Waals surface area contributed by atoms with Gasteiger partial charge in [0.1, 0.15) is 0 Å². The largest absolute Gasteiger partial charge is 0.445 e. The summed E-state index contributed by atoms with van der Waals surface area (Å²) in [5.74, 6) is -42.4. The highest BCUT2D eigenvalue weighted by molar-refractivity contribution is 6.35. The fourth-order valence-corrected chi connectivity index (χ4v) is 6.47. The molecule has 4 amide bonds.